The third-order valence-electron chi connectivity index (χ3n) is 4.53. The fourth-order valence-electron chi connectivity index (χ4n) is 3.13. The average molecular weight is 369 g/mol. The summed E-state index contributed by atoms with van der Waals surface area (Å²) in [6.07, 6.45) is 3.43. The van der Waals surface area contributed by atoms with Gasteiger partial charge in [-0.1, -0.05) is 18.0 Å². The van der Waals surface area contributed by atoms with Crippen molar-refractivity contribution in [1.82, 2.24) is 14.2 Å². The van der Waals surface area contributed by atoms with E-state index in [1.165, 1.54) is 6.07 Å². The second kappa shape index (κ2) is 5.35. The quantitative estimate of drug-likeness (QED) is 0.892. The summed E-state index contributed by atoms with van der Waals surface area (Å²) in [4.78, 5) is 4.20. The van der Waals surface area contributed by atoms with Crippen LogP contribution in [0.1, 0.15) is 43.5 Å². The Morgan fingerprint density at radius 1 is 1.38 bits per heavy atom. The summed E-state index contributed by atoms with van der Waals surface area (Å²) in [6.45, 7) is 1.91. The highest BCUT2D eigenvalue weighted by Gasteiger charge is 2.33. The molecule has 1 saturated carbocycles. The van der Waals surface area contributed by atoms with Crippen LogP contribution in [0.25, 0.3) is 0 Å². The number of nitrogens with two attached hydrogens (primary N) is 1. The molecule has 2 N–H and O–H groups in total. The monoisotopic (exact) mass is 368 g/mol. The fourth-order valence-corrected chi connectivity index (χ4v) is 4.86. The summed E-state index contributed by atoms with van der Waals surface area (Å²) < 4.78 is 32.7. The van der Waals surface area contributed by atoms with E-state index in [9.17, 15) is 8.42 Å². The number of nitrogen functional groups attached to an aromatic ring is 1. The SMILES string of the molecule is C[C@@H]1Cc2cc(S(=O)(=O)n3nc(N)nc3C3CCC3)cc(Cl)c2O1. The smallest absolute Gasteiger partial charge is 0.284 e. The van der Waals surface area contributed by atoms with Crippen molar-refractivity contribution >= 4 is 27.6 Å². The standard InChI is InChI=1S/C15H17ClN4O3S/c1-8-5-10-6-11(7-12(16)13(10)23-8)24(21,22)20-14(9-3-2-4-9)18-15(17)19-20/h6-9H,2-5H2,1H3,(H2,17,19)/t8-/m1/s1. The van der Waals surface area contributed by atoms with Crippen molar-refractivity contribution in [3.05, 3.63) is 28.5 Å². The molecule has 4 rings (SSSR count). The van der Waals surface area contributed by atoms with Gasteiger partial charge in [0.2, 0.25) is 5.95 Å². The zero-order chi connectivity index (χ0) is 17.1. The van der Waals surface area contributed by atoms with Crippen LogP contribution in [-0.4, -0.2) is 28.7 Å². The lowest BCUT2D eigenvalue weighted by Crippen LogP contribution is -2.22. The van der Waals surface area contributed by atoms with Gasteiger partial charge in [-0.2, -0.15) is 13.4 Å². The predicted octanol–water partition coefficient (Wildman–Crippen LogP) is 2.34. The maximum absolute atomic E-state index is 13.1. The molecule has 128 valence electrons. The Labute approximate surface area is 144 Å². The van der Waals surface area contributed by atoms with Crippen LogP contribution >= 0.6 is 11.6 Å². The molecular formula is C15H17ClN4O3S. The van der Waals surface area contributed by atoms with Crippen LogP contribution in [0.4, 0.5) is 5.95 Å². The predicted molar refractivity (Wildman–Crippen MR) is 88.9 cm³/mol. The molecule has 0 unspecified atom stereocenters. The number of benzene rings is 1. The number of halogens is 1. The van der Waals surface area contributed by atoms with Gasteiger partial charge >= 0.3 is 0 Å². The van der Waals surface area contributed by atoms with Crippen LogP contribution in [0.3, 0.4) is 0 Å². The minimum Gasteiger partial charge on any atom is -0.489 e. The van der Waals surface area contributed by atoms with Crippen molar-refractivity contribution in [2.24, 2.45) is 0 Å². The van der Waals surface area contributed by atoms with E-state index < -0.39 is 10.0 Å². The summed E-state index contributed by atoms with van der Waals surface area (Å²) in [5, 5.41) is 4.21. The Morgan fingerprint density at radius 3 is 2.79 bits per heavy atom. The molecule has 1 fully saturated rings. The van der Waals surface area contributed by atoms with E-state index in [1.54, 1.807) is 6.07 Å². The Hall–Kier alpha value is -1.80. The highest BCUT2D eigenvalue weighted by atomic mass is 35.5. The number of anilines is 1. The molecule has 7 nitrogen and oxygen atoms in total. The van der Waals surface area contributed by atoms with Gasteiger partial charge in [0.05, 0.1) is 9.92 Å². The Balaban J connectivity index is 1.82. The second-order valence-corrected chi connectivity index (χ2v) is 8.50. The topological polar surface area (TPSA) is 100 Å². The number of fused-ring (bicyclic) bond motifs is 1. The van der Waals surface area contributed by atoms with Crippen molar-refractivity contribution in [3.8, 4) is 5.75 Å². The van der Waals surface area contributed by atoms with E-state index in [4.69, 9.17) is 22.1 Å². The molecule has 2 heterocycles. The van der Waals surface area contributed by atoms with Crippen molar-refractivity contribution < 1.29 is 13.2 Å². The summed E-state index contributed by atoms with van der Waals surface area (Å²) >= 11 is 6.22. The molecule has 1 atom stereocenters. The van der Waals surface area contributed by atoms with Gasteiger partial charge in [-0.3, -0.25) is 0 Å². The molecule has 0 amide bonds. The molecule has 24 heavy (non-hydrogen) atoms. The Kier molecular flexibility index (Phi) is 3.50. The zero-order valence-electron chi connectivity index (χ0n) is 13.1. The van der Waals surface area contributed by atoms with E-state index >= 15 is 0 Å². The van der Waals surface area contributed by atoms with E-state index in [0.29, 0.717) is 18.0 Å². The van der Waals surface area contributed by atoms with Gasteiger partial charge in [0.25, 0.3) is 10.0 Å². The van der Waals surface area contributed by atoms with Crippen LogP contribution in [0, 0.1) is 0 Å². The molecule has 1 aromatic heterocycles. The second-order valence-electron chi connectivity index (χ2n) is 6.33. The van der Waals surface area contributed by atoms with Crippen LogP contribution in [0.15, 0.2) is 17.0 Å². The molecule has 9 heteroatoms. The van der Waals surface area contributed by atoms with Gasteiger partial charge in [0.15, 0.2) is 0 Å². The number of rotatable bonds is 3. The molecule has 1 aliphatic heterocycles. The van der Waals surface area contributed by atoms with Gasteiger partial charge in [0.1, 0.15) is 17.7 Å². The first kappa shape index (κ1) is 15.7. The van der Waals surface area contributed by atoms with Crippen molar-refractivity contribution in [2.45, 2.75) is 49.5 Å². The molecule has 1 aromatic carbocycles. The molecular weight excluding hydrogens is 352 g/mol. The highest BCUT2D eigenvalue weighted by molar-refractivity contribution is 7.89. The van der Waals surface area contributed by atoms with Gasteiger partial charge in [0, 0.05) is 17.9 Å². The molecule has 0 saturated heterocycles. The highest BCUT2D eigenvalue weighted by Crippen LogP contribution is 2.40. The number of nitrogens with zero attached hydrogens (tertiary/aromatic N) is 3. The Morgan fingerprint density at radius 2 is 2.12 bits per heavy atom. The van der Waals surface area contributed by atoms with Crippen molar-refractivity contribution in [2.75, 3.05) is 5.73 Å². The van der Waals surface area contributed by atoms with Gasteiger partial charge in [-0.15, -0.1) is 9.19 Å². The molecule has 0 bridgehead atoms. The molecule has 2 aliphatic rings. The number of hydrogen-bond donors (Lipinski definition) is 1. The van der Waals surface area contributed by atoms with Crippen LogP contribution < -0.4 is 10.5 Å². The van der Waals surface area contributed by atoms with E-state index in [2.05, 4.69) is 10.1 Å². The van der Waals surface area contributed by atoms with Gasteiger partial charge in [-0.05, 0) is 31.9 Å². The van der Waals surface area contributed by atoms with E-state index in [-0.39, 0.29) is 27.9 Å². The van der Waals surface area contributed by atoms with Gasteiger partial charge in [-0.25, -0.2) is 0 Å². The van der Waals surface area contributed by atoms with Gasteiger partial charge < -0.3 is 10.5 Å². The first-order valence-corrected chi connectivity index (χ1v) is 9.65. The first-order valence-electron chi connectivity index (χ1n) is 7.83. The third kappa shape index (κ3) is 2.36. The largest absolute Gasteiger partial charge is 0.489 e. The molecule has 1 aliphatic carbocycles. The lowest BCUT2D eigenvalue weighted by Gasteiger charge is -2.24. The number of aromatic nitrogens is 3. The molecule has 0 radical (unpaired) electrons. The summed E-state index contributed by atoms with van der Waals surface area (Å²) in [7, 11) is -3.91. The summed E-state index contributed by atoms with van der Waals surface area (Å²) in [5.41, 5.74) is 6.44. The lowest BCUT2D eigenvalue weighted by molar-refractivity contribution is 0.255. The van der Waals surface area contributed by atoms with Crippen LogP contribution in [0.2, 0.25) is 5.02 Å². The van der Waals surface area contributed by atoms with E-state index in [1.807, 2.05) is 6.92 Å². The minimum absolute atomic E-state index is 0.0250. The summed E-state index contributed by atoms with van der Waals surface area (Å²) in [5.74, 6) is 1.00. The summed E-state index contributed by atoms with van der Waals surface area (Å²) in [6, 6.07) is 3.00. The van der Waals surface area contributed by atoms with Crippen molar-refractivity contribution in [1.29, 1.82) is 0 Å². The normalized spacial score (nSPS) is 20.5. The third-order valence-corrected chi connectivity index (χ3v) is 6.37. The van der Waals surface area contributed by atoms with Crippen molar-refractivity contribution in [3.63, 3.8) is 0 Å². The zero-order valence-corrected chi connectivity index (χ0v) is 14.6. The first-order chi connectivity index (χ1) is 11.4. The maximum Gasteiger partial charge on any atom is 0.284 e. The minimum atomic E-state index is -3.91. The molecule has 2 aromatic rings. The fraction of sp³-hybridized carbons (Fsp3) is 0.467. The lowest BCUT2D eigenvalue weighted by atomic mass is 9.85. The molecule has 0 spiro atoms. The number of hydrogen-bond acceptors (Lipinski definition) is 6. The maximum atomic E-state index is 13.1. The Bertz CT molecular complexity index is 921. The average Bonchev–Trinajstić information content (AvgIpc) is 3.00. The van der Waals surface area contributed by atoms with E-state index in [0.717, 1.165) is 28.9 Å². The van der Waals surface area contributed by atoms with Crippen LogP contribution in [-0.2, 0) is 16.4 Å². The van der Waals surface area contributed by atoms with Crippen LogP contribution in [0.5, 0.6) is 5.75 Å². The number of ether oxygens (including phenoxy) is 1.